The average molecular weight is 310 g/mol. The molecule has 116 valence electrons. The zero-order valence-corrected chi connectivity index (χ0v) is 13.2. The lowest BCUT2D eigenvalue weighted by Gasteiger charge is -2.35. The van der Waals surface area contributed by atoms with Gasteiger partial charge in [-0.25, -0.2) is 0 Å². The van der Waals surface area contributed by atoms with Crippen molar-refractivity contribution in [1.82, 2.24) is 5.32 Å². The van der Waals surface area contributed by atoms with Gasteiger partial charge in [-0.15, -0.1) is 11.6 Å². The van der Waals surface area contributed by atoms with Crippen molar-refractivity contribution in [1.29, 1.82) is 0 Å². The minimum absolute atomic E-state index is 0.0426. The molecule has 0 heterocycles. The highest BCUT2D eigenvalue weighted by Gasteiger charge is 2.31. The summed E-state index contributed by atoms with van der Waals surface area (Å²) in [5, 5.41) is 3.03. The Balaban J connectivity index is 1.67. The molecular weight excluding hydrogens is 286 g/mol. The summed E-state index contributed by atoms with van der Waals surface area (Å²) in [6.45, 7) is 1.10. The molecule has 0 radical (unpaired) electrons. The van der Waals surface area contributed by atoms with Crippen LogP contribution in [-0.4, -0.2) is 24.9 Å². The van der Waals surface area contributed by atoms with Crippen LogP contribution in [0.1, 0.15) is 38.5 Å². The predicted octanol–water partition coefficient (Wildman–Crippen LogP) is 3.76. The number of ether oxygens (including phenoxy) is 1. The molecule has 1 aromatic rings. The number of rotatable bonds is 7. The first-order chi connectivity index (χ1) is 10.2. The van der Waals surface area contributed by atoms with Crippen molar-refractivity contribution in [2.45, 2.75) is 38.5 Å². The van der Waals surface area contributed by atoms with Crippen molar-refractivity contribution < 1.29 is 9.53 Å². The highest BCUT2D eigenvalue weighted by atomic mass is 35.5. The molecule has 0 unspecified atom stereocenters. The molecule has 0 aliphatic heterocycles. The molecule has 3 nitrogen and oxygen atoms in total. The maximum Gasteiger partial charge on any atom is 0.223 e. The zero-order chi connectivity index (χ0) is 15.0. The highest BCUT2D eigenvalue weighted by molar-refractivity contribution is 6.18. The Labute approximate surface area is 132 Å². The molecule has 4 heteroatoms. The molecule has 0 saturated heterocycles. The van der Waals surface area contributed by atoms with E-state index in [2.05, 4.69) is 5.32 Å². The monoisotopic (exact) mass is 309 g/mol. The lowest BCUT2D eigenvalue weighted by Crippen LogP contribution is -2.40. The van der Waals surface area contributed by atoms with Gasteiger partial charge in [0.15, 0.2) is 0 Å². The molecule has 1 N–H and O–H groups in total. The van der Waals surface area contributed by atoms with Gasteiger partial charge in [-0.3, -0.25) is 4.79 Å². The van der Waals surface area contributed by atoms with E-state index in [1.54, 1.807) is 0 Å². The number of benzene rings is 1. The maximum absolute atomic E-state index is 11.9. The van der Waals surface area contributed by atoms with Crippen molar-refractivity contribution in [2.75, 3.05) is 19.0 Å². The van der Waals surface area contributed by atoms with Gasteiger partial charge in [0.1, 0.15) is 5.75 Å². The lowest BCUT2D eigenvalue weighted by molar-refractivity contribution is -0.122. The van der Waals surface area contributed by atoms with Crippen molar-refractivity contribution >= 4 is 17.5 Å². The third-order valence-corrected chi connectivity index (χ3v) is 4.77. The number of hydrogen-bond donors (Lipinski definition) is 1. The van der Waals surface area contributed by atoms with Gasteiger partial charge >= 0.3 is 0 Å². The van der Waals surface area contributed by atoms with Crippen LogP contribution in [0.25, 0.3) is 0 Å². The molecule has 0 spiro atoms. The molecule has 1 aliphatic carbocycles. The lowest BCUT2D eigenvalue weighted by atomic mass is 9.75. The summed E-state index contributed by atoms with van der Waals surface area (Å²) in [4.78, 5) is 11.9. The van der Waals surface area contributed by atoms with E-state index in [0.29, 0.717) is 25.5 Å². The molecule has 0 bridgehead atoms. The van der Waals surface area contributed by atoms with E-state index in [4.69, 9.17) is 16.3 Å². The van der Waals surface area contributed by atoms with Gasteiger partial charge in [0.2, 0.25) is 5.91 Å². The first kappa shape index (κ1) is 16.2. The van der Waals surface area contributed by atoms with Gasteiger partial charge in [-0.1, -0.05) is 37.5 Å². The standard InChI is InChI=1S/C17H24ClNO2/c18-13-17(10-5-2-6-11-17)14-19-16(20)9-12-21-15-7-3-1-4-8-15/h1,3-4,7-8H,2,5-6,9-14H2,(H,19,20). The minimum Gasteiger partial charge on any atom is -0.493 e. The normalized spacial score (nSPS) is 17.2. The van der Waals surface area contributed by atoms with E-state index in [9.17, 15) is 4.79 Å². The van der Waals surface area contributed by atoms with E-state index >= 15 is 0 Å². The first-order valence-electron chi connectivity index (χ1n) is 7.75. The molecule has 1 amide bonds. The number of carbonyl (C=O) groups is 1. The van der Waals surface area contributed by atoms with Crippen LogP contribution < -0.4 is 10.1 Å². The number of alkyl halides is 1. The minimum atomic E-state index is 0.0426. The van der Waals surface area contributed by atoms with E-state index in [0.717, 1.165) is 18.6 Å². The van der Waals surface area contributed by atoms with Crippen LogP contribution >= 0.6 is 11.6 Å². The summed E-state index contributed by atoms with van der Waals surface area (Å²) < 4.78 is 5.53. The summed E-state index contributed by atoms with van der Waals surface area (Å²) in [5.74, 6) is 1.48. The van der Waals surface area contributed by atoms with Gasteiger partial charge in [0, 0.05) is 17.8 Å². The van der Waals surface area contributed by atoms with Crippen molar-refractivity contribution in [2.24, 2.45) is 5.41 Å². The van der Waals surface area contributed by atoms with Crippen LogP contribution in [-0.2, 0) is 4.79 Å². The molecule has 0 aromatic heterocycles. The third-order valence-electron chi connectivity index (χ3n) is 4.20. The van der Waals surface area contributed by atoms with Crippen LogP contribution in [0.3, 0.4) is 0 Å². The Bertz CT molecular complexity index is 430. The number of halogens is 1. The second-order valence-corrected chi connectivity index (χ2v) is 6.15. The number of carbonyl (C=O) groups excluding carboxylic acids is 1. The zero-order valence-electron chi connectivity index (χ0n) is 12.4. The number of para-hydroxylation sites is 1. The maximum atomic E-state index is 11.9. The van der Waals surface area contributed by atoms with E-state index in [-0.39, 0.29) is 11.3 Å². The molecule has 0 atom stereocenters. The van der Waals surface area contributed by atoms with Gasteiger partial charge in [-0.05, 0) is 25.0 Å². The summed E-state index contributed by atoms with van der Waals surface area (Å²) in [5.41, 5.74) is 0.107. The highest BCUT2D eigenvalue weighted by Crippen LogP contribution is 2.36. The number of nitrogens with one attached hydrogen (secondary N) is 1. The van der Waals surface area contributed by atoms with Gasteiger partial charge < -0.3 is 10.1 Å². The topological polar surface area (TPSA) is 38.3 Å². The molecular formula is C17H24ClNO2. The predicted molar refractivity (Wildman–Crippen MR) is 85.8 cm³/mol. The molecule has 1 saturated carbocycles. The van der Waals surface area contributed by atoms with Gasteiger partial charge in [0.25, 0.3) is 0 Å². The van der Waals surface area contributed by atoms with Crippen molar-refractivity contribution in [3.63, 3.8) is 0 Å². The van der Waals surface area contributed by atoms with E-state index < -0.39 is 0 Å². The van der Waals surface area contributed by atoms with Crippen LogP contribution in [0.4, 0.5) is 0 Å². The summed E-state index contributed by atoms with van der Waals surface area (Å²) in [6, 6.07) is 9.56. The summed E-state index contributed by atoms with van der Waals surface area (Å²) >= 11 is 6.13. The van der Waals surface area contributed by atoms with Crippen molar-refractivity contribution in [3.05, 3.63) is 30.3 Å². The Hall–Kier alpha value is -1.22. The Kier molecular flexibility index (Phi) is 6.37. The smallest absolute Gasteiger partial charge is 0.223 e. The second-order valence-electron chi connectivity index (χ2n) is 5.88. The fourth-order valence-corrected chi connectivity index (χ4v) is 3.17. The second kappa shape index (κ2) is 8.28. The van der Waals surface area contributed by atoms with Crippen LogP contribution in [0.2, 0.25) is 0 Å². The summed E-state index contributed by atoms with van der Waals surface area (Å²) in [7, 11) is 0. The van der Waals surface area contributed by atoms with E-state index in [1.165, 1.54) is 19.3 Å². The molecule has 1 aromatic carbocycles. The fourth-order valence-electron chi connectivity index (χ4n) is 2.81. The SMILES string of the molecule is O=C(CCOc1ccccc1)NCC1(CCl)CCCCC1. The fraction of sp³-hybridized carbons (Fsp3) is 0.588. The Morgan fingerprint density at radius 2 is 1.90 bits per heavy atom. The van der Waals surface area contributed by atoms with Crippen LogP contribution in [0, 0.1) is 5.41 Å². The third kappa shape index (κ3) is 5.24. The molecule has 1 aliphatic rings. The molecule has 2 rings (SSSR count). The van der Waals surface area contributed by atoms with Crippen molar-refractivity contribution in [3.8, 4) is 5.75 Å². The Morgan fingerprint density at radius 1 is 1.19 bits per heavy atom. The van der Waals surface area contributed by atoms with Gasteiger partial charge in [-0.2, -0.15) is 0 Å². The van der Waals surface area contributed by atoms with Crippen LogP contribution in [0.5, 0.6) is 5.75 Å². The Morgan fingerprint density at radius 3 is 2.57 bits per heavy atom. The quantitative estimate of drug-likeness (QED) is 0.779. The number of amides is 1. The summed E-state index contributed by atoms with van der Waals surface area (Å²) in [6.07, 6.45) is 6.36. The van der Waals surface area contributed by atoms with Crippen LogP contribution in [0.15, 0.2) is 30.3 Å². The van der Waals surface area contributed by atoms with Gasteiger partial charge in [0.05, 0.1) is 13.0 Å². The molecule has 1 fully saturated rings. The van der Waals surface area contributed by atoms with E-state index in [1.807, 2.05) is 30.3 Å². The first-order valence-corrected chi connectivity index (χ1v) is 8.28. The number of hydrogen-bond acceptors (Lipinski definition) is 2. The largest absolute Gasteiger partial charge is 0.493 e. The molecule has 21 heavy (non-hydrogen) atoms. The average Bonchev–Trinajstić information content (AvgIpc) is 2.55.